The number of ether oxygens (including phenoxy) is 1. The number of hydrogen-bond acceptors (Lipinski definition) is 7. The lowest BCUT2D eigenvalue weighted by atomic mass is 9.84. The van der Waals surface area contributed by atoms with Crippen LogP contribution in [-0.4, -0.2) is 51.5 Å². The monoisotopic (exact) mass is 426 g/mol. The molecule has 2 atom stereocenters. The van der Waals surface area contributed by atoms with Crippen molar-refractivity contribution in [2.45, 2.75) is 57.2 Å². The van der Waals surface area contributed by atoms with Crippen molar-refractivity contribution >= 4 is 29.0 Å². The smallest absolute Gasteiger partial charge is 0.262 e. The van der Waals surface area contributed by atoms with Crippen LogP contribution < -0.4 is 20.7 Å². The van der Waals surface area contributed by atoms with Gasteiger partial charge < -0.3 is 20.7 Å². The number of rotatable bonds is 4. The molecule has 0 unspecified atom stereocenters. The SMILES string of the molecule is CC1(C)C[C@H](Nc2nc(Nc3cccc4c3NC(=O)CO4)ncc2F)C[C@@H]2CCCN21. The zero-order valence-corrected chi connectivity index (χ0v) is 17.7. The van der Waals surface area contributed by atoms with Gasteiger partial charge in [0.2, 0.25) is 5.95 Å². The molecule has 1 aromatic heterocycles. The summed E-state index contributed by atoms with van der Waals surface area (Å²) >= 11 is 0. The van der Waals surface area contributed by atoms with Crippen LogP contribution in [0.1, 0.15) is 39.5 Å². The van der Waals surface area contributed by atoms with E-state index in [1.54, 1.807) is 18.2 Å². The lowest BCUT2D eigenvalue weighted by Gasteiger charge is -2.47. The third kappa shape index (κ3) is 3.89. The Labute approximate surface area is 180 Å². The van der Waals surface area contributed by atoms with Crippen LogP contribution in [0.4, 0.5) is 27.5 Å². The second-order valence-electron chi connectivity index (χ2n) is 9.11. The average Bonchev–Trinajstić information content (AvgIpc) is 3.20. The van der Waals surface area contributed by atoms with Crippen LogP contribution >= 0.6 is 0 Å². The van der Waals surface area contributed by atoms with Crippen LogP contribution in [0, 0.1) is 5.82 Å². The molecular weight excluding hydrogens is 399 g/mol. The van der Waals surface area contributed by atoms with Gasteiger partial charge in [-0.05, 0) is 58.2 Å². The van der Waals surface area contributed by atoms with Crippen molar-refractivity contribution in [2.24, 2.45) is 0 Å². The van der Waals surface area contributed by atoms with Gasteiger partial charge in [-0.25, -0.2) is 9.37 Å². The fourth-order valence-electron chi connectivity index (χ4n) is 5.17. The summed E-state index contributed by atoms with van der Waals surface area (Å²) in [7, 11) is 0. The van der Waals surface area contributed by atoms with E-state index in [2.05, 4.69) is 44.7 Å². The highest BCUT2D eigenvalue weighted by molar-refractivity contribution is 5.99. The van der Waals surface area contributed by atoms with Crippen molar-refractivity contribution in [1.29, 1.82) is 0 Å². The first-order valence-electron chi connectivity index (χ1n) is 10.8. The first kappa shape index (κ1) is 20.0. The molecule has 0 radical (unpaired) electrons. The number of carbonyl (C=O) groups is 1. The Morgan fingerprint density at radius 2 is 2.23 bits per heavy atom. The number of piperidine rings is 1. The van der Waals surface area contributed by atoms with Crippen LogP contribution in [0.25, 0.3) is 0 Å². The molecule has 3 N–H and O–H groups in total. The number of anilines is 4. The number of nitrogens with one attached hydrogen (secondary N) is 3. The molecule has 2 saturated heterocycles. The number of halogens is 1. The number of benzene rings is 1. The van der Waals surface area contributed by atoms with Gasteiger partial charge in [-0.1, -0.05) is 6.07 Å². The van der Waals surface area contributed by atoms with Crippen LogP contribution in [0.15, 0.2) is 24.4 Å². The molecular formula is C22H27FN6O2. The first-order chi connectivity index (χ1) is 14.9. The quantitative estimate of drug-likeness (QED) is 0.689. The number of aromatic nitrogens is 2. The molecule has 0 spiro atoms. The molecule has 0 saturated carbocycles. The molecule has 8 nitrogen and oxygen atoms in total. The Morgan fingerprint density at radius 3 is 3.10 bits per heavy atom. The summed E-state index contributed by atoms with van der Waals surface area (Å²) in [5.41, 5.74) is 1.18. The summed E-state index contributed by atoms with van der Waals surface area (Å²) in [5.74, 6) is 0.286. The van der Waals surface area contributed by atoms with E-state index in [4.69, 9.17) is 4.74 Å². The molecule has 3 aliphatic rings. The van der Waals surface area contributed by atoms with Gasteiger partial charge in [-0.3, -0.25) is 9.69 Å². The van der Waals surface area contributed by atoms with E-state index in [-0.39, 0.29) is 35.9 Å². The minimum atomic E-state index is -0.482. The fourth-order valence-corrected chi connectivity index (χ4v) is 5.17. The maximum absolute atomic E-state index is 14.5. The zero-order valence-electron chi connectivity index (χ0n) is 17.7. The molecule has 0 bridgehead atoms. The van der Waals surface area contributed by atoms with Crippen molar-refractivity contribution in [1.82, 2.24) is 14.9 Å². The maximum Gasteiger partial charge on any atom is 0.262 e. The topological polar surface area (TPSA) is 91.4 Å². The Bertz CT molecular complexity index is 1010. The van der Waals surface area contributed by atoms with E-state index in [0.717, 1.165) is 25.6 Å². The highest BCUT2D eigenvalue weighted by atomic mass is 19.1. The Balaban J connectivity index is 1.35. The van der Waals surface area contributed by atoms with Crippen molar-refractivity contribution < 1.29 is 13.9 Å². The predicted octanol–water partition coefficient (Wildman–Crippen LogP) is 3.51. The normalized spacial score (nSPS) is 24.5. The van der Waals surface area contributed by atoms with Crippen LogP contribution in [0.2, 0.25) is 0 Å². The number of fused-ring (bicyclic) bond motifs is 2. The van der Waals surface area contributed by atoms with Gasteiger partial charge in [-0.15, -0.1) is 0 Å². The number of carbonyl (C=O) groups excluding carboxylic acids is 1. The van der Waals surface area contributed by atoms with Crippen LogP contribution in [0.5, 0.6) is 5.75 Å². The Kier molecular flexibility index (Phi) is 4.92. The summed E-state index contributed by atoms with van der Waals surface area (Å²) < 4.78 is 20.0. The number of amides is 1. The van der Waals surface area contributed by atoms with Crippen LogP contribution in [0.3, 0.4) is 0 Å². The molecule has 0 aliphatic carbocycles. The molecule has 1 aromatic carbocycles. The van der Waals surface area contributed by atoms with E-state index in [9.17, 15) is 9.18 Å². The standard InChI is InChI=1S/C22H27FN6O2/c1-22(2)10-13(9-14-5-4-8-29(14)22)25-20-15(23)11-24-21(28-20)26-16-6-3-7-17-19(16)27-18(30)12-31-17/h3,6-7,11,13-14H,4-5,8-10,12H2,1-2H3,(H,27,30)(H2,24,25,26,28)/t13-,14+/m1/s1. The number of hydrogen-bond donors (Lipinski definition) is 3. The molecule has 4 heterocycles. The van der Waals surface area contributed by atoms with Crippen molar-refractivity contribution in [2.75, 3.05) is 29.1 Å². The first-order valence-corrected chi connectivity index (χ1v) is 10.8. The summed E-state index contributed by atoms with van der Waals surface area (Å²) in [5, 5.41) is 9.20. The van der Waals surface area contributed by atoms with Gasteiger partial charge in [0.05, 0.1) is 11.9 Å². The van der Waals surface area contributed by atoms with Gasteiger partial charge >= 0.3 is 0 Å². The lowest BCUT2D eigenvalue weighted by molar-refractivity contribution is -0.118. The highest BCUT2D eigenvalue weighted by Gasteiger charge is 2.43. The van der Waals surface area contributed by atoms with Gasteiger partial charge in [0.1, 0.15) is 11.4 Å². The second kappa shape index (κ2) is 7.64. The molecule has 3 aliphatic heterocycles. The van der Waals surface area contributed by atoms with E-state index in [1.807, 2.05) is 0 Å². The molecule has 1 amide bonds. The van der Waals surface area contributed by atoms with Gasteiger partial charge in [0.15, 0.2) is 18.2 Å². The average molecular weight is 426 g/mol. The maximum atomic E-state index is 14.5. The van der Waals surface area contributed by atoms with E-state index in [1.165, 1.54) is 12.8 Å². The van der Waals surface area contributed by atoms with Crippen molar-refractivity contribution in [3.8, 4) is 5.75 Å². The molecule has 31 heavy (non-hydrogen) atoms. The second-order valence-corrected chi connectivity index (χ2v) is 9.11. The molecule has 164 valence electrons. The number of para-hydroxylation sites is 1. The van der Waals surface area contributed by atoms with Crippen LogP contribution in [-0.2, 0) is 4.79 Å². The Morgan fingerprint density at radius 1 is 1.35 bits per heavy atom. The predicted molar refractivity (Wildman–Crippen MR) is 116 cm³/mol. The molecule has 5 rings (SSSR count). The van der Waals surface area contributed by atoms with E-state index < -0.39 is 5.82 Å². The van der Waals surface area contributed by atoms with Crippen molar-refractivity contribution in [3.05, 3.63) is 30.2 Å². The van der Waals surface area contributed by atoms with E-state index >= 15 is 0 Å². The summed E-state index contributed by atoms with van der Waals surface area (Å²) in [6.45, 7) is 5.64. The van der Waals surface area contributed by atoms with Gasteiger partial charge in [0.25, 0.3) is 5.91 Å². The summed E-state index contributed by atoms with van der Waals surface area (Å²) in [6.07, 6.45) is 5.47. The van der Waals surface area contributed by atoms with Gasteiger partial charge in [-0.2, -0.15) is 4.98 Å². The van der Waals surface area contributed by atoms with E-state index in [0.29, 0.717) is 23.2 Å². The number of nitrogens with zero attached hydrogens (tertiary/aromatic N) is 3. The zero-order chi connectivity index (χ0) is 21.6. The lowest BCUT2D eigenvalue weighted by Crippen LogP contribution is -2.55. The molecule has 2 fully saturated rings. The summed E-state index contributed by atoms with van der Waals surface area (Å²) in [6, 6.07) is 6.03. The minimum absolute atomic E-state index is 0.0201. The summed E-state index contributed by atoms with van der Waals surface area (Å²) in [4.78, 5) is 22.8. The van der Waals surface area contributed by atoms with Gasteiger partial charge in [0, 0.05) is 17.6 Å². The Hall–Kier alpha value is -2.94. The third-order valence-electron chi connectivity index (χ3n) is 6.44. The minimum Gasteiger partial charge on any atom is -0.481 e. The van der Waals surface area contributed by atoms with Crippen molar-refractivity contribution in [3.63, 3.8) is 0 Å². The third-order valence-corrected chi connectivity index (χ3v) is 6.44. The largest absolute Gasteiger partial charge is 0.481 e. The molecule has 2 aromatic rings. The fraction of sp³-hybridized carbons (Fsp3) is 0.500. The highest BCUT2D eigenvalue weighted by Crippen LogP contribution is 2.39. The molecule has 9 heteroatoms.